The van der Waals surface area contributed by atoms with Gasteiger partial charge >= 0.3 is 5.97 Å². The van der Waals surface area contributed by atoms with Gasteiger partial charge in [-0.3, -0.25) is 10.1 Å². The summed E-state index contributed by atoms with van der Waals surface area (Å²) in [4.78, 5) is 16.0. The highest BCUT2D eigenvalue weighted by Gasteiger charge is 2.34. The summed E-state index contributed by atoms with van der Waals surface area (Å²) in [6.45, 7) is 0. The Hall–Kier alpha value is -3.57. The largest absolute Gasteiger partial charge is 0.468 e. The van der Waals surface area contributed by atoms with Gasteiger partial charge in [0.05, 0.1) is 13.2 Å². The molecule has 0 saturated heterocycles. The number of benzene rings is 3. The van der Waals surface area contributed by atoms with E-state index in [0.717, 1.165) is 39.2 Å². The van der Waals surface area contributed by atoms with E-state index in [0.29, 0.717) is 6.42 Å². The van der Waals surface area contributed by atoms with Crippen LogP contribution in [0.4, 0.5) is 0 Å². The summed E-state index contributed by atoms with van der Waals surface area (Å²) in [5, 5.41) is 4.61. The Morgan fingerprint density at radius 1 is 0.933 bits per heavy atom. The van der Waals surface area contributed by atoms with Crippen LogP contribution in [0.15, 0.2) is 78.9 Å². The number of carbonyl (C=O) groups is 1. The molecule has 150 valence electrons. The molecule has 3 aromatic carbocycles. The molecule has 0 aliphatic carbocycles. The van der Waals surface area contributed by atoms with Crippen molar-refractivity contribution in [3.8, 4) is 11.5 Å². The maximum Gasteiger partial charge on any atom is 0.323 e. The normalized spacial score (nSPS) is 18.0. The maximum atomic E-state index is 12.4. The highest BCUT2D eigenvalue weighted by molar-refractivity contribution is 5.87. The zero-order valence-corrected chi connectivity index (χ0v) is 16.6. The van der Waals surface area contributed by atoms with Crippen molar-refractivity contribution in [2.75, 3.05) is 7.11 Å². The van der Waals surface area contributed by atoms with E-state index in [9.17, 15) is 4.79 Å². The Balaban J connectivity index is 1.56. The molecule has 0 saturated carbocycles. The van der Waals surface area contributed by atoms with Crippen molar-refractivity contribution in [3.63, 3.8) is 0 Å². The van der Waals surface area contributed by atoms with Gasteiger partial charge in [0, 0.05) is 23.0 Å². The molecule has 1 aliphatic rings. The predicted octanol–water partition coefficient (Wildman–Crippen LogP) is 4.74. The maximum absolute atomic E-state index is 12.4. The van der Waals surface area contributed by atoms with Gasteiger partial charge in [-0.2, -0.15) is 0 Å². The Morgan fingerprint density at radius 3 is 2.53 bits per heavy atom. The van der Waals surface area contributed by atoms with Gasteiger partial charge in [0.2, 0.25) is 0 Å². The summed E-state index contributed by atoms with van der Waals surface area (Å²) >= 11 is 0. The van der Waals surface area contributed by atoms with Crippen molar-refractivity contribution in [2.24, 2.45) is 0 Å². The number of fused-ring (bicyclic) bond motifs is 3. The third-order valence-corrected chi connectivity index (χ3v) is 5.57. The van der Waals surface area contributed by atoms with Crippen LogP contribution in [0.5, 0.6) is 11.5 Å². The van der Waals surface area contributed by atoms with Crippen LogP contribution >= 0.6 is 0 Å². The summed E-state index contributed by atoms with van der Waals surface area (Å²) in [6, 6.07) is 25.3. The minimum Gasteiger partial charge on any atom is -0.468 e. The van der Waals surface area contributed by atoms with Crippen molar-refractivity contribution < 1.29 is 14.3 Å². The van der Waals surface area contributed by atoms with Crippen LogP contribution in [0.3, 0.4) is 0 Å². The lowest BCUT2D eigenvalue weighted by Gasteiger charge is -2.30. The second-order valence-electron chi connectivity index (χ2n) is 7.43. The summed E-state index contributed by atoms with van der Waals surface area (Å²) in [6.07, 6.45) is 0.586. The first-order chi connectivity index (χ1) is 14.7. The van der Waals surface area contributed by atoms with E-state index in [1.807, 2.05) is 66.7 Å². The van der Waals surface area contributed by atoms with Crippen LogP contribution in [0.25, 0.3) is 10.9 Å². The molecule has 30 heavy (non-hydrogen) atoms. The highest BCUT2D eigenvalue weighted by atomic mass is 16.5. The lowest BCUT2D eigenvalue weighted by atomic mass is 9.90. The first-order valence-electron chi connectivity index (χ1n) is 9.99. The van der Waals surface area contributed by atoms with Crippen LogP contribution < -0.4 is 10.1 Å². The van der Waals surface area contributed by atoms with Gasteiger partial charge in [-0.1, -0.05) is 48.5 Å². The van der Waals surface area contributed by atoms with Gasteiger partial charge in [0.1, 0.15) is 17.5 Å². The summed E-state index contributed by atoms with van der Waals surface area (Å²) in [5.74, 6) is 1.27. The molecule has 0 spiro atoms. The number of H-pyrrole nitrogens is 1. The first kappa shape index (κ1) is 18.5. The Labute approximate surface area is 174 Å². The zero-order chi connectivity index (χ0) is 20.5. The lowest BCUT2D eigenvalue weighted by molar-refractivity contribution is -0.143. The standard InChI is InChI=1S/C25H22N2O3/c1-29-25(28)22-15-20-19-12-5-6-13-21(19)26-24(20)23(27-22)16-8-7-11-18(14-16)30-17-9-3-2-4-10-17/h2-14,22-23,26-27H,15H2,1H3. The number of esters is 1. The van der Waals surface area contributed by atoms with Crippen LogP contribution in [0.2, 0.25) is 0 Å². The Morgan fingerprint density at radius 2 is 1.70 bits per heavy atom. The molecule has 5 nitrogen and oxygen atoms in total. The second kappa shape index (κ2) is 7.69. The third-order valence-electron chi connectivity index (χ3n) is 5.57. The fraction of sp³-hybridized carbons (Fsp3) is 0.160. The monoisotopic (exact) mass is 398 g/mol. The fourth-order valence-corrected chi connectivity index (χ4v) is 4.17. The average Bonchev–Trinajstić information content (AvgIpc) is 3.17. The van der Waals surface area contributed by atoms with Gasteiger partial charge in [0.15, 0.2) is 0 Å². The van der Waals surface area contributed by atoms with Crippen molar-refractivity contribution in [2.45, 2.75) is 18.5 Å². The molecule has 2 atom stereocenters. The van der Waals surface area contributed by atoms with Crippen molar-refractivity contribution in [1.82, 2.24) is 10.3 Å². The second-order valence-corrected chi connectivity index (χ2v) is 7.43. The van der Waals surface area contributed by atoms with Crippen molar-refractivity contribution >= 4 is 16.9 Å². The topological polar surface area (TPSA) is 63.4 Å². The molecule has 0 bridgehead atoms. The summed E-state index contributed by atoms with van der Waals surface area (Å²) < 4.78 is 11.1. The van der Waals surface area contributed by atoms with Crippen LogP contribution in [-0.2, 0) is 16.0 Å². The van der Waals surface area contributed by atoms with E-state index in [2.05, 4.69) is 22.4 Å². The number of aromatic nitrogens is 1. The molecule has 0 radical (unpaired) electrons. The number of ether oxygens (including phenoxy) is 2. The van der Waals surface area contributed by atoms with Gasteiger partial charge in [0.25, 0.3) is 0 Å². The molecule has 2 heterocycles. The van der Waals surface area contributed by atoms with Crippen LogP contribution in [0.1, 0.15) is 22.9 Å². The van der Waals surface area contributed by atoms with Crippen molar-refractivity contribution in [3.05, 3.63) is 95.7 Å². The lowest BCUT2D eigenvalue weighted by Crippen LogP contribution is -2.45. The number of methoxy groups -OCH3 is 1. The van der Waals surface area contributed by atoms with E-state index in [4.69, 9.17) is 9.47 Å². The van der Waals surface area contributed by atoms with E-state index in [-0.39, 0.29) is 12.0 Å². The highest BCUT2D eigenvalue weighted by Crippen LogP contribution is 2.36. The average molecular weight is 398 g/mol. The van der Waals surface area contributed by atoms with E-state index < -0.39 is 6.04 Å². The minimum atomic E-state index is -0.412. The van der Waals surface area contributed by atoms with Gasteiger partial charge in [-0.05, 0) is 41.5 Å². The molecule has 5 heteroatoms. The molecule has 4 aromatic rings. The first-order valence-corrected chi connectivity index (χ1v) is 9.99. The van der Waals surface area contributed by atoms with E-state index in [1.165, 1.54) is 7.11 Å². The van der Waals surface area contributed by atoms with E-state index >= 15 is 0 Å². The fourth-order valence-electron chi connectivity index (χ4n) is 4.17. The summed E-state index contributed by atoms with van der Waals surface area (Å²) in [7, 11) is 1.43. The molecule has 0 amide bonds. The number of carbonyl (C=O) groups excluding carboxylic acids is 1. The quantitative estimate of drug-likeness (QED) is 0.488. The predicted molar refractivity (Wildman–Crippen MR) is 116 cm³/mol. The molecular weight excluding hydrogens is 376 g/mol. The van der Waals surface area contributed by atoms with E-state index in [1.54, 1.807) is 0 Å². The minimum absolute atomic E-state index is 0.176. The molecule has 1 aromatic heterocycles. The smallest absolute Gasteiger partial charge is 0.323 e. The van der Waals surface area contributed by atoms with Gasteiger partial charge in [-0.25, -0.2) is 0 Å². The summed E-state index contributed by atoms with van der Waals surface area (Å²) in [5.41, 5.74) is 4.31. The van der Waals surface area contributed by atoms with Gasteiger partial charge in [-0.15, -0.1) is 0 Å². The zero-order valence-electron chi connectivity index (χ0n) is 16.6. The van der Waals surface area contributed by atoms with Gasteiger partial charge < -0.3 is 14.5 Å². The number of aromatic amines is 1. The van der Waals surface area contributed by atoms with Crippen molar-refractivity contribution in [1.29, 1.82) is 0 Å². The molecular formula is C25H22N2O3. The molecule has 0 fully saturated rings. The number of nitrogens with one attached hydrogen (secondary N) is 2. The molecule has 1 aliphatic heterocycles. The Bertz CT molecular complexity index is 1200. The number of hydrogen-bond acceptors (Lipinski definition) is 4. The Kier molecular flexibility index (Phi) is 4.73. The SMILES string of the molecule is COC(=O)C1Cc2c([nH]c3ccccc23)C(c2cccc(Oc3ccccc3)c2)N1. The number of para-hydroxylation sites is 2. The van der Waals surface area contributed by atoms with Crippen LogP contribution in [0, 0.1) is 0 Å². The number of rotatable bonds is 4. The number of hydrogen-bond donors (Lipinski definition) is 2. The third kappa shape index (κ3) is 3.33. The molecule has 5 rings (SSSR count). The molecule has 2 N–H and O–H groups in total. The molecule has 2 unspecified atom stereocenters. The van der Waals surface area contributed by atoms with Crippen LogP contribution in [-0.4, -0.2) is 24.1 Å².